The summed E-state index contributed by atoms with van der Waals surface area (Å²) in [5.74, 6) is 8.07. The van der Waals surface area contributed by atoms with Crippen LogP contribution < -0.4 is 0 Å². The van der Waals surface area contributed by atoms with E-state index in [0.717, 1.165) is 5.56 Å². The lowest BCUT2D eigenvalue weighted by Gasteiger charge is -2.22. The molecule has 0 saturated heterocycles. The molecule has 0 radical (unpaired) electrons. The highest BCUT2D eigenvalue weighted by Crippen LogP contribution is 2.05. The normalized spacial score (nSPS) is 10.6. The highest BCUT2D eigenvalue weighted by Gasteiger charge is 2.18. The van der Waals surface area contributed by atoms with Crippen molar-refractivity contribution < 1.29 is 9.53 Å². The van der Waals surface area contributed by atoms with Crippen molar-refractivity contribution >= 4 is 6.09 Å². The molecule has 1 atom stereocenters. The molecule has 0 heterocycles. The summed E-state index contributed by atoms with van der Waals surface area (Å²) in [7, 11) is 0. The van der Waals surface area contributed by atoms with E-state index in [0.29, 0.717) is 0 Å². The molecule has 0 unspecified atom stereocenters. The molecule has 0 saturated carbocycles. The highest BCUT2D eigenvalue weighted by atomic mass is 16.6. The molecule has 1 amide bonds. The van der Waals surface area contributed by atoms with Crippen LogP contribution in [0.5, 0.6) is 0 Å². The Kier molecular flexibility index (Phi) is 6.06. The van der Waals surface area contributed by atoms with Crippen LogP contribution in [0.15, 0.2) is 30.3 Å². The van der Waals surface area contributed by atoms with Crippen molar-refractivity contribution in [2.75, 3.05) is 6.54 Å². The van der Waals surface area contributed by atoms with Gasteiger partial charge in [-0.2, -0.15) is 0 Å². The zero-order chi connectivity index (χ0) is 14.1. The van der Waals surface area contributed by atoms with Crippen LogP contribution >= 0.6 is 0 Å². The zero-order valence-corrected chi connectivity index (χ0v) is 11.2. The van der Waals surface area contributed by atoms with Crippen molar-refractivity contribution in [3.8, 4) is 24.2 Å². The van der Waals surface area contributed by atoms with E-state index >= 15 is 0 Å². The summed E-state index contributed by atoms with van der Waals surface area (Å²) >= 11 is 0. The standard InChI is InChI=1S/C16H17NO2/c1-4-6-12-17(14(3)5-2)16(18)19-13-15-10-8-7-9-11-15/h2,7-11,14H,12-13H2,1,3H3/t14-/m1/s1. The third-order valence-electron chi connectivity index (χ3n) is 2.57. The third kappa shape index (κ3) is 4.77. The fourth-order valence-electron chi connectivity index (χ4n) is 1.42. The zero-order valence-electron chi connectivity index (χ0n) is 11.2. The van der Waals surface area contributed by atoms with Crippen molar-refractivity contribution in [1.29, 1.82) is 0 Å². The van der Waals surface area contributed by atoms with Gasteiger partial charge in [-0.05, 0) is 19.4 Å². The second-order valence-corrected chi connectivity index (χ2v) is 3.94. The summed E-state index contributed by atoms with van der Waals surface area (Å²) < 4.78 is 5.23. The van der Waals surface area contributed by atoms with Crippen LogP contribution in [0, 0.1) is 24.2 Å². The predicted molar refractivity (Wildman–Crippen MR) is 75.1 cm³/mol. The maximum Gasteiger partial charge on any atom is 0.411 e. The lowest BCUT2D eigenvalue weighted by molar-refractivity contribution is 0.0958. The SMILES string of the molecule is C#C[C@@H](C)N(CC#CC)C(=O)OCc1ccccc1. The number of terminal acetylenes is 1. The molecule has 3 heteroatoms. The number of hydrogen-bond acceptors (Lipinski definition) is 2. The minimum atomic E-state index is -0.447. The molecular weight excluding hydrogens is 238 g/mol. The van der Waals surface area contributed by atoms with Gasteiger partial charge in [0.25, 0.3) is 0 Å². The monoisotopic (exact) mass is 255 g/mol. The van der Waals surface area contributed by atoms with Crippen LogP contribution in [0.4, 0.5) is 4.79 Å². The van der Waals surface area contributed by atoms with Gasteiger partial charge in [0.2, 0.25) is 0 Å². The molecule has 0 aromatic heterocycles. The average Bonchev–Trinajstić information content (AvgIpc) is 2.46. The number of carbonyl (C=O) groups excluding carboxylic acids is 1. The van der Waals surface area contributed by atoms with Gasteiger partial charge in [0, 0.05) is 0 Å². The maximum atomic E-state index is 12.0. The summed E-state index contributed by atoms with van der Waals surface area (Å²) in [6.07, 6.45) is 4.89. The van der Waals surface area contributed by atoms with Crippen molar-refractivity contribution in [2.45, 2.75) is 26.5 Å². The molecule has 19 heavy (non-hydrogen) atoms. The van der Waals surface area contributed by atoms with Gasteiger partial charge in [-0.15, -0.1) is 12.3 Å². The number of carbonyl (C=O) groups is 1. The largest absolute Gasteiger partial charge is 0.444 e. The molecule has 98 valence electrons. The quantitative estimate of drug-likeness (QED) is 0.774. The Balaban J connectivity index is 2.61. The van der Waals surface area contributed by atoms with Crippen molar-refractivity contribution in [3.05, 3.63) is 35.9 Å². The van der Waals surface area contributed by atoms with E-state index in [1.807, 2.05) is 30.3 Å². The minimum Gasteiger partial charge on any atom is -0.444 e. The number of amides is 1. The first-order chi connectivity index (χ1) is 9.19. The molecule has 0 aliphatic rings. The van der Waals surface area contributed by atoms with Gasteiger partial charge < -0.3 is 4.74 Å². The fourth-order valence-corrected chi connectivity index (χ4v) is 1.42. The molecule has 0 spiro atoms. The van der Waals surface area contributed by atoms with Gasteiger partial charge >= 0.3 is 6.09 Å². The number of ether oxygens (including phenoxy) is 1. The first-order valence-electron chi connectivity index (χ1n) is 6.02. The summed E-state index contributed by atoms with van der Waals surface area (Å²) in [4.78, 5) is 13.4. The molecule has 0 fully saturated rings. The van der Waals surface area contributed by atoms with Crippen LogP contribution in [0.1, 0.15) is 19.4 Å². The molecular formula is C16H17NO2. The number of hydrogen-bond donors (Lipinski definition) is 0. The Bertz CT molecular complexity index is 505. The van der Waals surface area contributed by atoms with E-state index in [1.165, 1.54) is 4.90 Å². The van der Waals surface area contributed by atoms with Crippen molar-refractivity contribution in [3.63, 3.8) is 0 Å². The van der Waals surface area contributed by atoms with E-state index in [9.17, 15) is 4.79 Å². The fraction of sp³-hybridized carbons (Fsp3) is 0.312. The molecule has 1 aromatic rings. The molecule has 3 nitrogen and oxygen atoms in total. The van der Waals surface area contributed by atoms with E-state index in [4.69, 9.17) is 11.2 Å². The first-order valence-corrected chi connectivity index (χ1v) is 6.02. The Morgan fingerprint density at radius 2 is 2.11 bits per heavy atom. The lowest BCUT2D eigenvalue weighted by Crippen LogP contribution is -2.38. The number of benzene rings is 1. The van der Waals surface area contributed by atoms with Gasteiger partial charge in [0.1, 0.15) is 6.61 Å². The number of rotatable bonds is 4. The molecule has 1 rings (SSSR count). The smallest absolute Gasteiger partial charge is 0.411 e. The summed E-state index contributed by atoms with van der Waals surface area (Å²) in [5, 5.41) is 0. The number of nitrogens with zero attached hydrogens (tertiary/aromatic N) is 1. The predicted octanol–water partition coefficient (Wildman–Crippen LogP) is 2.67. The third-order valence-corrected chi connectivity index (χ3v) is 2.57. The van der Waals surface area contributed by atoms with Crippen LogP contribution in [0.3, 0.4) is 0 Å². The highest BCUT2D eigenvalue weighted by molar-refractivity contribution is 5.69. The minimum absolute atomic E-state index is 0.229. The molecule has 0 bridgehead atoms. The molecule has 0 N–H and O–H groups in total. The first kappa shape index (κ1) is 14.7. The molecule has 0 aliphatic carbocycles. The van der Waals surface area contributed by atoms with Crippen LogP contribution in [0.2, 0.25) is 0 Å². The lowest BCUT2D eigenvalue weighted by atomic mass is 10.2. The summed E-state index contributed by atoms with van der Waals surface area (Å²) in [6.45, 7) is 3.98. The van der Waals surface area contributed by atoms with Crippen LogP contribution in [-0.4, -0.2) is 23.6 Å². The van der Waals surface area contributed by atoms with Gasteiger partial charge in [-0.1, -0.05) is 42.2 Å². The molecule has 0 aliphatic heterocycles. The Morgan fingerprint density at radius 3 is 2.68 bits per heavy atom. The topological polar surface area (TPSA) is 29.5 Å². The Hall–Kier alpha value is -2.39. The van der Waals surface area contributed by atoms with E-state index in [1.54, 1.807) is 13.8 Å². The second-order valence-electron chi connectivity index (χ2n) is 3.94. The molecule has 1 aromatic carbocycles. The van der Waals surface area contributed by atoms with Crippen molar-refractivity contribution in [1.82, 2.24) is 4.90 Å². The average molecular weight is 255 g/mol. The van der Waals surface area contributed by atoms with Crippen molar-refractivity contribution in [2.24, 2.45) is 0 Å². The van der Waals surface area contributed by atoms with E-state index in [2.05, 4.69) is 17.8 Å². The van der Waals surface area contributed by atoms with E-state index < -0.39 is 6.09 Å². The maximum absolute atomic E-state index is 12.0. The van der Waals surface area contributed by atoms with Gasteiger partial charge in [0.05, 0.1) is 12.6 Å². The Morgan fingerprint density at radius 1 is 1.42 bits per heavy atom. The summed E-state index contributed by atoms with van der Waals surface area (Å²) in [5.41, 5.74) is 0.936. The van der Waals surface area contributed by atoms with Crippen LogP contribution in [-0.2, 0) is 11.3 Å². The van der Waals surface area contributed by atoms with Gasteiger partial charge in [-0.3, -0.25) is 4.90 Å². The van der Waals surface area contributed by atoms with Gasteiger partial charge in [-0.25, -0.2) is 4.79 Å². The Labute approximate surface area is 114 Å². The second kappa shape index (κ2) is 7.84. The summed E-state index contributed by atoms with van der Waals surface area (Å²) in [6, 6.07) is 9.15. The van der Waals surface area contributed by atoms with Gasteiger partial charge in [0.15, 0.2) is 0 Å². The van der Waals surface area contributed by atoms with Crippen LogP contribution in [0.25, 0.3) is 0 Å². The van der Waals surface area contributed by atoms with E-state index in [-0.39, 0.29) is 19.2 Å².